The van der Waals surface area contributed by atoms with Crippen LogP contribution in [-0.2, 0) is 16.0 Å². The number of benzene rings is 1. The SMILES string of the molecule is CC(C)(C)NC(=S)NNC(=O)CNC(=O)Cc1ccccc1. The van der Waals surface area contributed by atoms with E-state index in [9.17, 15) is 9.59 Å². The van der Waals surface area contributed by atoms with Gasteiger partial charge < -0.3 is 10.6 Å². The zero-order valence-corrected chi connectivity index (χ0v) is 13.8. The summed E-state index contributed by atoms with van der Waals surface area (Å²) in [6, 6.07) is 9.33. The fourth-order valence-corrected chi connectivity index (χ4v) is 1.92. The van der Waals surface area contributed by atoms with Gasteiger partial charge in [0.2, 0.25) is 5.91 Å². The van der Waals surface area contributed by atoms with Crippen LogP contribution in [0.25, 0.3) is 0 Å². The quantitative estimate of drug-likeness (QED) is 0.483. The molecule has 0 unspecified atom stereocenters. The number of nitrogens with one attached hydrogen (secondary N) is 4. The van der Waals surface area contributed by atoms with Gasteiger partial charge in [0.05, 0.1) is 13.0 Å². The van der Waals surface area contributed by atoms with Gasteiger partial charge in [-0.2, -0.15) is 0 Å². The molecule has 0 aromatic heterocycles. The van der Waals surface area contributed by atoms with Crippen LogP contribution >= 0.6 is 12.2 Å². The van der Waals surface area contributed by atoms with E-state index in [2.05, 4.69) is 21.5 Å². The molecule has 0 fully saturated rings. The van der Waals surface area contributed by atoms with Crippen molar-refractivity contribution in [3.63, 3.8) is 0 Å². The molecule has 0 aliphatic rings. The standard InChI is InChI=1S/C15H22N4O2S/c1-15(2,3)17-14(22)19-18-13(21)10-16-12(20)9-11-7-5-4-6-8-11/h4-8H,9-10H2,1-3H3,(H,16,20)(H,18,21)(H2,17,19,22). The Balaban J connectivity index is 2.23. The number of rotatable bonds is 4. The van der Waals surface area contributed by atoms with Crippen molar-refractivity contribution in [1.82, 2.24) is 21.5 Å². The average molecular weight is 322 g/mol. The highest BCUT2D eigenvalue weighted by atomic mass is 32.1. The molecule has 1 aromatic carbocycles. The molecular weight excluding hydrogens is 300 g/mol. The molecule has 0 bridgehead atoms. The molecule has 1 aromatic rings. The fraction of sp³-hybridized carbons (Fsp3) is 0.400. The van der Waals surface area contributed by atoms with E-state index in [-0.39, 0.29) is 30.3 Å². The molecule has 22 heavy (non-hydrogen) atoms. The lowest BCUT2D eigenvalue weighted by atomic mass is 10.1. The Morgan fingerprint density at radius 3 is 2.27 bits per heavy atom. The van der Waals surface area contributed by atoms with Crippen molar-refractivity contribution in [2.75, 3.05) is 6.54 Å². The van der Waals surface area contributed by atoms with E-state index in [0.29, 0.717) is 5.11 Å². The zero-order valence-electron chi connectivity index (χ0n) is 13.0. The first-order valence-corrected chi connectivity index (χ1v) is 7.35. The largest absolute Gasteiger partial charge is 0.357 e. The van der Waals surface area contributed by atoms with Gasteiger partial charge in [-0.15, -0.1) is 0 Å². The monoisotopic (exact) mass is 322 g/mol. The molecule has 0 spiro atoms. The lowest BCUT2D eigenvalue weighted by Gasteiger charge is -2.23. The third kappa shape index (κ3) is 8.21. The normalized spacial score (nSPS) is 10.5. The van der Waals surface area contributed by atoms with E-state index in [0.717, 1.165) is 5.56 Å². The minimum Gasteiger partial charge on any atom is -0.357 e. The summed E-state index contributed by atoms with van der Waals surface area (Å²) in [5.74, 6) is -0.587. The molecule has 1 rings (SSSR count). The van der Waals surface area contributed by atoms with Gasteiger partial charge in [-0.3, -0.25) is 20.4 Å². The van der Waals surface area contributed by atoms with Crippen LogP contribution in [0.4, 0.5) is 0 Å². The number of amides is 2. The summed E-state index contributed by atoms with van der Waals surface area (Å²) in [6.07, 6.45) is 0.242. The molecule has 7 heteroatoms. The van der Waals surface area contributed by atoms with Crippen LogP contribution in [0, 0.1) is 0 Å². The number of hydrazine groups is 1. The van der Waals surface area contributed by atoms with Gasteiger partial charge in [0.25, 0.3) is 5.91 Å². The highest BCUT2D eigenvalue weighted by molar-refractivity contribution is 7.80. The van der Waals surface area contributed by atoms with E-state index in [4.69, 9.17) is 12.2 Å². The number of thiocarbonyl (C=S) groups is 1. The lowest BCUT2D eigenvalue weighted by Crippen LogP contribution is -2.53. The number of carbonyl (C=O) groups excluding carboxylic acids is 2. The van der Waals surface area contributed by atoms with Gasteiger partial charge in [0, 0.05) is 5.54 Å². The summed E-state index contributed by atoms with van der Waals surface area (Å²) < 4.78 is 0. The summed E-state index contributed by atoms with van der Waals surface area (Å²) in [6.45, 7) is 5.74. The van der Waals surface area contributed by atoms with E-state index < -0.39 is 0 Å². The predicted octanol–water partition coefficient (Wildman–Crippen LogP) is 0.639. The maximum Gasteiger partial charge on any atom is 0.257 e. The Hall–Kier alpha value is -2.15. The second-order valence-electron chi connectivity index (χ2n) is 5.82. The Bertz CT molecular complexity index is 526. The third-order valence-corrected chi connectivity index (χ3v) is 2.66. The van der Waals surface area contributed by atoms with Crippen LogP contribution in [0.2, 0.25) is 0 Å². The molecule has 4 N–H and O–H groups in total. The average Bonchev–Trinajstić information content (AvgIpc) is 2.42. The minimum absolute atomic E-state index is 0.114. The smallest absolute Gasteiger partial charge is 0.257 e. The van der Waals surface area contributed by atoms with Crippen LogP contribution in [-0.4, -0.2) is 29.0 Å². The second-order valence-corrected chi connectivity index (χ2v) is 6.22. The van der Waals surface area contributed by atoms with Crippen LogP contribution in [0.1, 0.15) is 26.3 Å². The van der Waals surface area contributed by atoms with Gasteiger partial charge >= 0.3 is 0 Å². The molecule has 0 saturated heterocycles. The Kier molecular flexibility index (Phi) is 6.78. The topological polar surface area (TPSA) is 82.3 Å². The van der Waals surface area contributed by atoms with Crippen molar-refractivity contribution in [1.29, 1.82) is 0 Å². The summed E-state index contributed by atoms with van der Waals surface area (Å²) in [7, 11) is 0. The maximum atomic E-state index is 11.7. The lowest BCUT2D eigenvalue weighted by molar-refractivity contribution is -0.126. The molecule has 0 heterocycles. The first-order chi connectivity index (χ1) is 10.3. The molecule has 0 atom stereocenters. The van der Waals surface area contributed by atoms with Crippen molar-refractivity contribution >= 4 is 29.1 Å². The van der Waals surface area contributed by atoms with Gasteiger partial charge in [0.15, 0.2) is 5.11 Å². The fourth-order valence-electron chi connectivity index (χ4n) is 1.57. The van der Waals surface area contributed by atoms with E-state index in [1.54, 1.807) is 0 Å². The summed E-state index contributed by atoms with van der Waals surface area (Å²) >= 11 is 5.02. The molecule has 0 aliphatic heterocycles. The van der Waals surface area contributed by atoms with Crippen molar-refractivity contribution in [2.45, 2.75) is 32.7 Å². The first kappa shape index (κ1) is 17.9. The molecule has 6 nitrogen and oxygen atoms in total. The highest BCUT2D eigenvalue weighted by Gasteiger charge is 2.11. The second kappa shape index (κ2) is 8.33. The van der Waals surface area contributed by atoms with E-state index in [1.165, 1.54) is 0 Å². The predicted molar refractivity (Wildman–Crippen MR) is 89.9 cm³/mol. The van der Waals surface area contributed by atoms with Crippen LogP contribution in [0.15, 0.2) is 30.3 Å². The molecular formula is C15H22N4O2S. The molecule has 2 amide bonds. The summed E-state index contributed by atoms with van der Waals surface area (Å²) in [5.41, 5.74) is 5.70. The van der Waals surface area contributed by atoms with Crippen molar-refractivity contribution in [3.8, 4) is 0 Å². The molecule has 120 valence electrons. The zero-order chi connectivity index (χ0) is 16.6. The van der Waals surface area contributed by atoms with Crippen LogP contribution in [0.3, 0.4) is 0 Å². The van der Waals surface area contributed by atoms with Gasteiger partial charge in [-0.05, 0) is 38.6 Å². The van der Waals surface area contributed by atoms with Gasteiger partial charge in [-0.25, -0.2) is 0 Å². The Morgan fingerprint density at radius 2 is 1.68 bits per heavy atom. The maximum absolute atomic E-state index is 11.7. The van der Waals surface area contributed by atoms with Crippen molar-refractivity contribution in [2.24, 2.45) is 0 Å². The van der Waals surface area contributed by atoms with Crippen molar-refractivity contribution < 1.29 is 9.59 Å². The van der Waals surface area contributed by atoms with Crippen molar-refractivity contribution in [3.05, 3.63) is 35.9 Å². The van der Waals surface area contributed by atoms with Gasteiger partial charge in [-0.1, -0.05) is 30.3 Å². The number of hydrogen-bond donors (Lipinski definition) is 4. The summed E-state index contributed by atoms with van der Waals surface area (Å²) in [4.78, 5) is 23.3. The summed E-state index contributed by atoms with van der Waals surface area (Å²) in [5, 5.41) is 5.85. The van der Waals surface area contributed by atoms with Crippen LogP contribution in [0.5, 0.6) is 0 Å². The Labute approximate surface area is 136 Å². The molecule has 0 saturated carbocycles. The first-order valence-electron chi connectivity index (χ1n) is 6.94. The number of hydrogen-bond acceptors (Lipinski definition) is 3. The minimum atomic E-state index is -0.375. The highest BCUT2D eigenvalue weighted by Crippen LogP contribution is 1.99. The van der Waals surface area contributed by atoms with E-state index in [1.807, 2.05) is 51.1 Å². The Morgan fingerprint density at radius 1 is 1.05 bits per heavy atom. The molecule has 0 radical (unpaired) electrons. The van der Waals surface area contributed by atoms with E-state index >= 15 is 0 Å². The third-order valence-electron chi connectivity index (χ3n) is 2.46. The molecule has 0 aliphatic carbocycles. The van der Waals surface area contributed by atoms with Gasteiger partial charge in [0.1, 0.15) is 0 Å². The van der Waals surface area contributed by atoms with Crippen LogP contribution < -0.4 is 21.5 Å². The number of carbonyl (C=O) groups is 2.